The Hall–Kier alpha value is -2.82. The van der Waals surface area contributed by atoms with Gasteiger partial charge in [-0.25, -0.2) is 8.42 Å². The molecule has 0 aliphatic carbocycles. The first-order valence-electron chi connectivity index (χ1n) is 10.5. The number of hydrogen-bond acceptors (Lipinski definition) is 4. The molecule has 0 bridgehead atoms. The number of terminal acetylenes is 1. The van der Waals surface area contributed by atoms with Crippen LogP contribution in [0.15, 0.2) is 53.4 Å². The van der Waals surface area contributed by atoms with Crippen molar-refractivity contribution in [3.63, 3.8) is 0 Å². The van der Waals surface area contributed by atoms with Gasteiger partial charge in [-0.3, -0.25) is 4.79 Å². The summed E-state index contributed by atoms with van der Waals surface area (Å²) in [6, 6.07) is 14.2. The molecule has 164 valence electrons. The van der Waals surface area contributed by atoms with Crippen molar-refractivity contribution >= 4 is 15.9 Å². The number of ether oxygens (including phenoxy) is 1. The van der Waals surface area contributed by atoms with Gasteiger partial charge in [0.2, 0.25) is 15.9 Å². The van der Waals surface area contributed by atoms with Gasteiger partial charge in [-0.1, -0.05) is 36.6 Å². The zero-order valence-corrected chi connectivity index (χ0v) is 18.4. The fourth-order valence-electron chi connectivity index (χ4n) is 3.51. The van der Waals surface area contributed by atoms with Crippen molar-refractivity contribution < 1.29 is 17.9 Å². The molecule has 0 aromatic heterocycles. The van der Waals surface area contributed by atoms with Crippen molar-refractivity contribution in [1.82, 2.24) is 9.62 Å². The van der Waals surface area contributed by atoms with E-state index in [1.54, 1.807) is 28.6 Å². The predicted molar refractivity (Wildman–Crippen MR) is 120 cm³/mol. The monoisotopic (exact) mass is 440 g/mol. The van der Waals surface area contributed by atoms with Gasteiger partial charge in [0, 0.05) is 19.6 Å². The van der Waals surface area contributed by atoms with Crippen LogP contribution >= 0.6 is 0 Å². The molecule has 1 aliphatic heterocycles. The number of piperidine rings is 1. The Morgan fingerprint density at radius 1 is 1.00 bits per heavy atom. The van der Waals surface area contributed by atoms with Crippen LogP contribution in [0.5, 0.6) is 5.75 Å². The SMILES string of the molecule is C#CCOc1ccc(CCNC(=O)Cc2ccc(S(=O)(=O)N3CCCCC3)cc2)cc1. The molecule has 1 N–H and O–H groups in total. The summed E-state index contributed by atoms with van der Waals surface area (Å²) in [7, 11) is -3.45. The molecule has 1 fully saturated rings. The topological polar surface area (TPSA) is 75.7 Å². The first-order valence-corrected chi connectivity index (χ1v) is 11.9. The van der Waals surface area contributed by atoms with Crippen LogP contribution < -0.4 is 10.1 Å². The van der Waals surface area contributed by atoms with Crippen molar-refractivity contribution in [2.75, 3.05) is 26.2 Å². The highest BCUT2D eigenvalue weighted by Gasteiger charge is 2.25. The first-order chi connectivity index (χ1) is 15.0. The number of carbonyl (C=O) groups is 1. The lowest BCUT2D eigenvalue weighted by Gasteiger charge is -2.25. The van der Waals surface area contributed by atoms with Crippen molar-refractivity contribution in [2.45, 2.75) is 37.0 Å². The van der Waals surface area contributed by atoms with Gasteiger partial charge in [-0.05, 0) is 54.7 Å². The summed E-state index contributed by atoms with van der Waals surface area (Å²) in [5.74, 6) is 3.04. The van der Waals surface area contributed by atoms with Crippen molar-refractivity contribution in [3.05, 3.63) is 59.7 Å². The summed E-state index contributed by atoms with van der Waals surface area (Å²) in [5.41, 5.74) is 1.87. The van der Waals surface area contributed by atoms with Crippen LogP contribution in [-0.2, 0) is 27.7 Å². The number of hydrogen-bond donors (Lipinski definition) is 1. The van der Waals surface area contributed by atoms with Crippen LogP contribution in [0.2, 0.25) is 0 Å². The fraction of sp³-hybridized carbons (Fsp3) is 0.375. The number of rotatable bonds is 9. The molecule has 7 heteroatoms. The van der Waals surface area contributed by atoms with Crippen LogP contribution in [-0.4, -0.2) is 44.9 Å². The Balaban J connectivity index is 1.45. The molecule has 3 rings (SSSR count). The Bertz CT molecular complexity index is 1000. The minimum absolute atomic E-state index is 0.0967. The van der Waals surface area contributed by atoms with E-state index in [-0.39, 0.29) is 23.8 Å². The molecule has 1 saturated heterocycles. The number of nitrogens with one attached hydrogen (secondary N) is 1. The summed E-state index contributed by atoms with van der Waals surface area (Å²) >= 11 is 0. The molecular weight excluding hydrogens is 412 g/mol. The van der Waals surface area contributed by atoms with Gasteiger partial charge in [-0.15, -0.1) is 6.42 Å². The van der Waals surface area contributed by atoms with E-state index in [9.17, 15) is 13.2 Å². The average Bonchev–Trinajstić information content (AvgIpc) is 2.79. The lowest BCUT2D eigenvalue weighted by atomic mass is 10.1. The summed E-state index contributed by atoms with van der Waals surface area (Å²) in [6.45, 7) is 1.91. The molecule has 2 aromatic rings. The van der Waals surface area contributed by atoms with Crippen molar-refractivity contribution in [3.8, 4) is 18.1 Å². The smallest absolute Gasteiger partial charge is 0.243 e. The molecule has 1 aliphatic rings. The molecule has 0 radical (unpaired) electrons. The molecule has 0 spiro atoms. The van der Waals surface area contributed by atoms with E-state index in [1.165, 1.54) is 0 Å². The number of amides is 1. The molecular formula is C24H28N2O4S. The summed E-state index contributed by atoms with van der Waals surface area (Å²) in [6.07, 6.45) is 8.97. The van der Waals surface area contributed by atoms with Gasteiger partial charge in [0.05, 0.1) is 11.3 Å². The first kappa shape index (κ1) is 22.9. The van der Waals surface area contributed by atoms with E-state index >= 15 is 0 Å². The van der Waals surface area contributed by atoms with E-state index in [1.807, 2.05) is 24.3 Å². The number of nitrogens with zero attached hydrogens (tertiary/aromatic N) is 1. The summed E-state index contributed by atoms with van der Waals surface area (Å²) in [4.78, 5) is 12.5. The zero-order chi connectivity index (χ0) is 22.1. The maximum Gasteiger partial charge on any atom is 0.243 e. The molecule has 2 aromatic carbocycles. The zero-order valence-electron chi connectivity index (χ0n) is 17.5. The highest BCUT2D eigenvalue weighted by Crippen LogP contribution is 2.21. The Morgan fingerprint density at radius 2 is 1.65 bits per heavy atom. The quantitative estimate of drug-likeness (QED) is 0.609. The maximum atomic E-state index is 12.7. The fourth-order valence-corrected chi connectivity index (χ4v) is 5.02. The minimum Gasteiger partial charge on any atom is -0.481 e. The maximum absolute atomic E-state index is 12.7. The Labute approximate surface area is 184 Å². The second-order valence-corrected chi connectivity index (χ2v) is 9.46. The lowest BCUT2D eigenvalue weighted by molar-refractivity contribution is -0.120. The van der Waals surface area contributed by atoms with Gasteiger partial charge >= 0.3 is 0 Å². The minimum atomic E-state index is -3.45. The highest BCUT2D eigenvalue weighted by molar-refractivity contribution is 7.89. The van der Waals surface area contributed by atoms with Crippen molar-refractivity contribution in [2.24, 2.45) is 0 Å². The van der Waals surface area contributed by atoms with Crippen LogP contribution in [0.1, 0.15) is 30.4 Å². The molecule has 31 heavy (non-hydrogen) atoms. The third-order valence-electron chi connectivity index (χ3n) is 5.22. The van der Waals surface area contributed by atoms with Gasteiger partial charge in [-0.2, -0.15) is 4.31 Å². The third-order valence-corrected chi connectivity index (χ3v) is 7.14. The second-order valence-electron chi connectivity index (χ2n) is 7.52. The number of carbonyl (C=O) groups excluding carboxylic acids is 1. The van der Waals surface area contributed by atoms with Crippen LogP contribution in [0.4, 0.5) is 0 Å². The molecule has 0 saturated carbocycles. The lowest BCUT2D eigenvalue weighted by Crippen LogP contribution is -2.35. The Kier molecular flexibility index (Phi) is 8.10. The van der Waals surface area contributed by atoms with Gasteiger partial charge < -0.3 is 10.1 Å². The van der Waals surface area contributed by atoms with E-state index in [4.69, 9.17) is 11.2 Å². The molecule has 0 unspecified atom stereocenters. The predicted octanol–water partition coefficient (Wildman–Crippen LogP) is 2.77. The number of benzene rings is 2. The van der Waals surface area contributed by atoms with Gasteiger partial charge in [0.15, 0.2) is 0 Å². The van der Waals surface area contributed by atoms with Crippen LogP contribution in [0, 0.1) is 12.3 Å². The van der Waals surface area contributed by atoms with E-state index in [0.29, 0.717) is 26.1 Å². The average molecular weight is 441 g/mol. The molecule has 6 nitrogen and oxygen atoms in total. The highest BCUT2D eigenvalue weighted by atomic mass is 32.2. The summed E-state index contributed by atoms with van der Waals surface area (Å²) < 4.78 is 32.3. The van der Waals surface area contributed by atoms with Crippen molar-refractivity contribution in [1.29, 1.82) is 0 Å². The van der Waals surface area contributed by atoms with E-state index < -0.39 is 10.0 Å². The van der Waals surface area contributed by atoms with Crippen LogP contribution in [0.3, 0.4) is 0 Å². The van der Waals surface area contributed by atoms with E-state index in [2.05, 4.69) is 11.2 Å². The standard InChI is InChI=1S/C24H28N2O4S/c1-2-18-30-22-10-6-20(7-11-22)14-15-25-24(27)19-21-8-12-23(13-9-21)31(28,29)26-16-4-3-5-17-26/h1,6-13H,3-5,14-19H2,(H,25,27). The normalized spacial score (nSPS) is 14.5. The largest absolute Gasteiger partial charge is 0.481 e. The number of sulfonamides is 1. The molecule has 1 heterocycles. The third kappa shape index (κ3) is 6.58. The molecule has 0 atom stereocenters. The van der Waals surface area contributed by atoms with Gasteiger partial charge in [0.1, 0.15) is 12.4 Å². The van der Waals surface area contributed by atoms with E-state index in [0.717, 1.165) is 36.1 Å². The summed E-state index contributed by atoms with van der Waals surface area (Å²) in [5, 5.41) is 2.90. The van der Waals surface area contributed by atoms with Gasteiger partial charge in [0.25, 0.3) is 0 Å². The van der Waals surface area contributed by atoms with Crippen LogP contribution in [0.25, 0.3) is 0 Å². The second kappa shape index (κ2) is 11.0. The Morgan fingerprint density at radius 3 is 2.29 bits per heavy atom. The molecule has 1 amide bonds.